The Balaban J connectivity index is 1.76. The molecular formula is C14H19N3S. The number of fused-ring (bicyclic) bond motifs is 1. The third-order valence-corrected chi connectivity index (χ3v) is 4.93. The fourth-order valence-electron chi connectivity index (χ4n) is 2.61. The minimum Gasteiger partial charge on any atom is -0.348 e. The first-order valence-electron chi connectivity index (χ1n) is 6.60. The van der Waals surface area contributed by atoms with Crippen molar-refractivity contribution in [3.8, 4) is 0 Å². The summed E-state index contributed by atoms with van der Waals surface area (Å²) >= 11 is 1.80. The lowest BCUT2D eigenvalue weighted by Gasteiger charge is -2.33. The summed E-state index contributed by atoms with van der Waals surface area (Å²) in [7, 11) is 0. The fourth-order valence-corrected chi connectivity index (χ4v) is 3.63. The van der Waals surface area contributed by atoms with E-state index in [9.17, 15) is 0 Å². The molecule has 4 heteroatoms. The van der Waals surface area contributed by atoms with E-state index in [2.05, 4.69) is 30.0 Å². The van der Waals surface area contributed by atoms with Crippen molar-refractivity contribution in [1.82, 2.24) is 4.98 Å². The molecule has 0 spiro atoms. The van der Waals surface area contributed by atoms with Gasteiger partial charge in [-0.15, -0.1) is 0 Å². The minimum absolute atomic E-state index is 0.322. The molecule has 96 valence electrons. The number of thiazole rings is 1. The van der Waals surface area contributed by atoms with E-state index < -0.39 is 0 Å². The van der Waals surface area contributed by atoms with Crippen LogP contribution in [0.4, 0.5) is 5.13 Å². The van der Waals surface area contributed by atoms with Crippen molar-refractivity contribution in [1.29, 1.82) is 0 Å². The van der Waals surface area contributed by atoms with E-state index in [1.54, 1.807) is 11.3 Å². The van der Waals surface area contributed by atoms with Crippen LogP contribution in [0.3, 0.4) is 0 Å². The van der Waals surface area contributed by atoms with E-state index >= 15 is 0 Å². The summed E-state index contributed by atoms with van der Waals surface area (Å²) in [5.41, 5.74) is 7.10. The van der Waals surface area contributed by atoms with Crippen molar-refractivity contribution in [3.63, 3.8) is 0 Å². The van der Waals surface area contributed by atoms with Gasteiger partial charge in [0.25, 0.3) is 0 Å². The van der Waals surface area contributed by atoms with Gasteiger partial charge in [0.05, 0.1) is 10.2 Å². The second kappa shape index (κ2) is 4.86. The molecule has 0 radical (unpaired) electrons. The van der Waals surface area contributed by atoms with E-state index in [1.807, 2.05) is 6.07 Å². The molecule has 3 rings (SSSR count). The third-order valence-electron chi connectivity index (χ3n) is 3.84. The standard InChI is InChI=1S/C14H19N3S/c1-10(15)11-6-8-17(9-7-11)14-16-12-4-2-3-5-13(12)18-14/h2-5,10-11H,6-9,15H2,1H3. The summed E-state index contributed by atoms with van der Waals surface area (Å²) in [5.74, 6) is 0.677. The van der Waals surface area contributed by atoms with E-state index in [1.165, 1.54) is 22.7 Å². The van der Waals surface area contributed by atoms with E-state index in [0.29, 0.717) is 12.0 Å². The first-order valence-corrected chi connectivity index (χ1v) is 7.42. The fraction of sp³-hybridized carbons (Fsp3) is 0.500. The second-order valence-electron chi connectivity index (χ2n) is 5.15. The number of aromatic nitrogens is 1. The normalized spacial score (nSPS) is 19.3. The van der Waals surface area contributed by atoms with Gasteiger partial charge in [0.1, 0.15) is 0 Å². The molecule has 2 heterocycles. The van der Waals surface area contributed by atoms with Crippen LogP contribution in [0, 0.1) is 5.92 Å². The first kappa shape index (κ1) is 11.9. The predicted molar refractivity (Wildman–Crippen MR) is 78.2 cm³/mol. The van der Waals surface area contributed by atoms with Crippen LogP contribution in [0.5, 0.6) is 0 Å². The number of piperidine rings is 1. The molecule has 1 aliphatic rings. The number of rotatable bonds is 2. The molecule has 1 aromatic carbocycles. The molecule has 1 unspecified atom stereocenters. The molecule has 1 fully saturated rings. The Kier molecular flexibility index (Phi) is 3.22. The van der Waals surface area contributed by atoms with Gasteiger partial charge in [-0.1, -0.05) is 23.5 Å². The minimum atomic E-state index is 0.322. The Labute approximate surface area is 112 Å². The average Bonchev–Trinajstić information content (AvgIpc) is 2.82. The lowest BCUT2D eigenvalue weighted by atomic mass is 9.91. The van der Waals surface area contributed by atoms with Gasteiger partial charge in [-0.3, -0.25) is 0 Å². The smallest absolute Gasteiger partial charge is 0.186 e. The number of hydrogen-bond acceptors (Lipinski definition) is 4. The Hall–Kier alpha value is -1.13. The molecule has 0 bridgehead atoms. The molecule has 1 aromatic heterocycles. The highest BCUT2D eigenvalue weighted by Crippen LogP contribution is 2.31. The molecule has 2 N–H and O–H groups in total. The van der Waals surface area contributed by atoms with Crippen LogP contribution in [-0.2, 0) is 0 Å². The monoisotopic (exact) mass is 261 g/mol. The second-order valence-corrected chi connectivity index (χ2v) is 6.16. The van der Waals surface area contributed by atoms with Crippen LogP contribution in [0.1, 0.15) is 19.8 Å². The first-order chi connectivity index (χ1) is 8.74. The van der Waals surface area contributed by atoms with Gasteiger partial charge in [0, 0.05) is 19.1 Å². The molecule has 1 atom stereocenters. The lowest BCUT2D eigenvalue weighted by Crippen LogP contribution is -2.39. The highest BCUT2D eigenvalue weighted by molar-refractivity contribution is 7.22. The van der Waals surface area contributed by atoms with Gasteiger partial charge >= 0.3 is 0 Å². The van der Waals surface area contributed by atoms with Crippen molar-refractivity contribution < 1.29 is 0 Å². The van der Waals surface area contributed by atoms with Gasteiger partial charge in [-0.05, 0) is 37.8 Å². The summed E-state index contributed by atoms with van der Waals surface area (Å²) in [5, 5.41) is 1.17. The van der Waals surface area contributed by atoms with Crippen molar-refractivity contribution >= 4 is 26.7 Å². The SMILES string of the molecule is CC(N)C1CCN(c2nc3ccccc3s2)CC1. The zero-order valence-electron chi connectivity index (χ0n) is 10.7. The molecule has 3 nitrogen and oxygen atoms in total. The van der Waals surface area contributed by atoms with Crippen LogP contribution in [0.2, 0.25) is 0 Å². The molecule has 1 saturated heterocycles. The van der Waals surface area contributed by atoms with E-state index in [-0.39, 0.29) is 0 Å². The Morgan fingerprint density at radius 3 is 2.72 bits per heavy atom. The van der Waals surface area contributed by atoms with Crippen molar-refractivity contribution in [2.24, 2.45) is 11.7 Å². The highest BCUT2D eigenvalue weighted by atomic mass is 32.1. The molecule has 0 aliphatic carbocycles. The summed E-state index contributed by atoms with van der Waals surface area (Å²) in [6.07, 6.45) is 2.38. The van der Waals surface area contributed by atoms with Gasteiger partial charge in [-0.25, -0.2) is 4.98 Å². The van der Waals surface area contributed by atoms with Crippen LogP contribution >= 0.6 is 11.3 Å². The van der Waals surface area contributed by atoms with Crippen molar-refractivity contribution in [2.45, 2.75) is 25.8 Å². The van der Waals surface area contributed by atoms with Crippen molar-refractivity contribution in [2.75, 3.05) is 18.0 Å². The lowest BCUT2D eigenvalue weighted by molar-refractivity contribution is 0.354. The van der Waals surface area contributed by atoms with Crippen molar-refractivity contribution in [3.05, 3.63) is 24.3 Å². The Bertz CT molecular complexity index is 494. The van der Waals surface area contributed by atoms with Gasteiger partial charge in [0.15, 0.2) is 5.13 Å². The number of nitrogens with zero attached hydrogens (tertiary/aromatic N) is 2. The van der Waals surface area contributed by atoms with E-state index in [0.717, 1.165) is 18.6 Å². The summed E-state index contributed by atoms with van der Waals surface area (Å²) in [6, 6.07) is 8.68. The van der Waals surface area contributed by atoms with Gasteiger partial charge < -0.3 is 10.6 Å². The van der Waals surface area contributed by atoms with Crippen LogP contribution in [-0.4, -0.2) is 24.1 Å². The highest BCUT2D eigenvalue weighted by Gasteiger charge is 2.23. The zero-order chi connectivity index (χ0) is 12.5. The molecular weight excluding hydrogens is 242 g/mol. The van der Waals surface area contributed by atoms with Gasteiger partial charge in [0.2, 0.25) is 0 Å². The topological polar surface area (TPSA) is 42.1 Å². The molecule has 1 aliphatic heterocycles. The Morgan fingerprint density at radius 2 is 2.06 bits per heavy atom. The maximum atomic E-state index is 5.98. The van der Waals surface area contributed by atoms with Gasteiger partial charge in [-0.2, -0.15) is 0 Å². The number of anilines is 1. The molecule has 18 heavy (non-hydrogen) atoms. The molecule has 0 amide bonds. The maximum absolute atomic E-state index is 5.98. The molecule has 0 saturated carbocycles. The quantitative estimate of drug-likeness (QED) is 0.904. The number of para-hydroxylation sites is 1. The van der Waals surface area contributed by atoms with Crippen LogP contribution in [0.25, 0.3) is 10.2 Å². The predicted octanol–water partition coefficient (Wildman–Crippen LogP) is 2.86. The zero-order valence-corrected chi connectivity index (χ0v) is 11.5. The largest absolute Gasteiger partial charge is 0.348 e. The molecule has 2 aromatic rings. The summed E-state index contributed by atoms with van der Waals surface area (Å²) < 4.78 is 1.28. The Morgan fingerprint density at radius 1 is 1.33 bits per heavy atom. The van der Waals surface area contributed by atoms with Crippen LogP contribution in [0.15, 0.2) is 24.3 Å². The summed E-state index contributed by atoms with van der Waals surface area (Å²) in [6.45, 7) is 4.30. The number of hydrogen-bond donors (Lipinski definition) is 1. The third kappa shape index (κ3) is 2.22. The van der Waals surface area contributed by atoms with Crippen LogP contribution < -0.4 is 10.6 Å². The van der Waals surface area contributed by atoms with E-state index in [4.69, 9.17) is 10.7 Å². The summed E-state index contributed by atoms with van der Waals surface area (Å²) in [4.78, 5) is 7.13. The number of benzene rings is 1. The average molecular weight is 261 g/mol. The maximum Gasteiger partial charge on any atom is 0.186 e. The number of nitrogens with two attached hydrogens (primary N) is 1.